The lowest BCUT2D eigenvalue weighted by atomic mass is 10.1. The number of benzene rings is 1. The highest BCUT2D eigenvalue weighted by atomic mass is 16.5. The van der Waals surface area contributed by atoms with Crippen molar-refractivity contribution in [3.63, 3.8) is 0 Å². The van der Waals surface area contributed by atoms with Crippen molar-refractivity contribution >= 4 is 11.9 Å². The van der Waals surface area contributed by atoms with Gasteiger partial charge in [-0.1, -0.05) is 12.1 Å². The number of aliphatic imine (C=N–C) groups is 1. The van der Waals surface area contributed by atoms with Crippen LogP contribution in [0.25, 0.3) is 0 Å². The molecule has 0 fully saturated rings. The molecule has 1 aromatic carbocycles. The van der Waals surface area contributed by atoms with E-state index in [2.05, 4.69) is 26.0 Å². The number of methoxy groups -OCH3 is 1. The molecule has 3 N–H and O–H groups in total. The average Bonchev–Trinajstić information content (AvgIpc) is 3.13. The fraction of sp³-hybridized carbons (Fsp3) is 0.565. The van der Waals surface area contributed by atoms with Crippen LogP contribution in [0, 0.1) is 0 Å². The molecule has 0 spiro atoms. The molecule has 2 aromatic rings. The van der Waals surface area contributed by atoms with Crippen LogP contribution < -0.4 is 16.0 Å². The number of nitrogens with zero attached hydrogens (tertiary/aromatic N) is 4. The number of aryl methyl sites for hydroxylation is 1. The Hall–Kier alpha value is -2.94. The first-order valence-electron chi connectivity index (χ1n) is 11.1. The maximum absolute atomic E-state index is 12.5. The molecule has 2 heterocycles. The van der Waals surface area contributed by atoms with Gasteiger partial charge in [0.2, 0.25) is 0 Å². The zero-order chi connectivity index (χ0) is 23.1. The van der Waals surface area contributed by atoms with Gasteiger partial charge in [0.1, 0.15) is 12.4 Å². The number of hydrogen-bond acceptors (Lipinski definition) is 5. The number of rotatable bonds is 7. The minimum atomic E-state index is -0.276. The lowest BCUT2D eigenvalue weighted by Crippen LogP contribution is -2.47. The van der Waals surface area contributed by atoms with Crippen LogP contribution in [-0.4, -0.2) is 51.9 Å². The molecule has 1 aromatic heterocycles. The second-order valence-corrected chi connectivity index (χ2v) is 9.04. The summed E-state index contributed by atoms with van der Waals surface area (Å²) in [6, 6.07) is 7.82. The number of hydrogen-bond donors (Lipinski definition) is 3. The molecule has 9 nitrogen and oxygen atoms in total. The Labute approximate surface area is 190 Å². The van der Waals surface area contributed by atoms with E-state index in [-0.39, 0.29) is 17.5 Å². The van der Waals surface area contributed by atoms with E-state index in [4.69, 9.17) is 9.73 Å². The van der Waals surface area contributed by atoms with Crippen molar-refractivity contribution in [2.24, 2.45) is 4.99 Å². The van der Waals surface area contributed by atoms with Gasteiger partial charge in [-0.3, -0.25) is 4.79 Å². The van der Waals surface area contributed by atoms with Crippen LogP contribution in [0.5, 0.6) is 0 Å². The largest absolute Gasteiger partial charge is 0.377 e. The second-order valence-electron chi connectivity index (χ2n) is 9.04. The van der Waals surface area contributed by atoms with E-state index >= 15 is 0 Å². The summed E-state index contributed by atoms with van der Waals surface area (Å²) in [5.41, 5.74) is 1.35. The third-order valence-electron chi connectivity index (χ3n) is 4.96. The van der Waals surface area contributed by atoms with Crippen molar-refractivity contribution in [3.8, 4) is 0 Å². The summed E-state index contributed by atoms with van der Waals surface area (Å²) in [4.78, 5) is 21.7. The van der Waals surface area contributed by atoms with E-state index in [0.29, 0.717) is 18.7 Å². The monoisotopic (exact) mass is 441 g/mol. The van der Waals surface area contributed by atoms with Gasteiger partial charge in [0, 0.05) is 37.2 Å². The number of nitrogens with one attached hydrogen (secondary N) is 3. The van der Waals surface area contributed by atoms with Gasteiger partial charge in [0.15, 0.2) is 11.8 Å². The molecule has 32 heavy (non-hydrogen) atoms. The normalized spacial score (nSPS) is 16.4. The van der Waals surface area contributed by atoms with Crippen LogP contribution in [0.2, 0.25) is 0 Å². The Bertz CT molecular complexity index is 946. The van der Waals surface area contributed by atoms with E-state index in [1.807, 2.05) is 56.6 Å². The average molecular weight is 442 g/mol. The fourth-order valence-electron chi connectivity index (χ4n) is 3.58. The zero-order valence-corrected chi connectivity index (χ0v) is 19.7. The van der Waals surface area contributed by atoms with E-state index in [1.54, 1.807) is 7.11 Å². The molecule has 0 saturated carbocycles. The van der Waals surface area contributed by atoms with Crippen molar-refractivity contribution in [2.45, 2.75) is 71.8 Å². The van der Waals surface area contributed by atoms with Crippen LogP contribution in [0.4, 0.5) is 0 Å². The predicted molar refractivity (Wildman–Crippen MR) is 124 cm³/mol. The van der Waals surface area contributed by atoms with Crippen LogP contribution in [0.15, 0.2) is 29.3 Å². The lowest BCUT2D eigenvalue weighted by molar-refractivity contribution is 0.0919. The van der Waals surface area contributed by atoms with Crippen molar-refractivity contribution in [1.82, 2.24) is 30.7 Å². The van der Waals surface area contributed by atoms with E-state index in [1.165, 1.54) is 0 Å². The number of carbonyl (C=O) groups excluding carboxylic acids is 1. The predicted octanol–water partition coefficient (Wildman–Crippen LogP) is 2.02. The maximum atomic E-state index is 12.5. The minimum absolute atomic E-state index is 0.0768. The topological polar surface area (TPSA) is 105 Å². The first kappa shape index (κ1) is 23.7. The number of amides is 1. The highest BCUT2D eigenvalue weighted by molar-refractivity contribution is 5.94. The highest BCUT2D eigenvalue weighted by Crippen LogP contribution is 2.14. The van der Waals surface area contributed by atoms with Gasteiger partial charge in [0.05, 0.1) is 13.1 Å². The molecule has 0 saturated heterocycles. The lowest BCUT2D eigenvalue weighted by Gasteiger charge is -2.25. The summed E-state index contributed by atoms with van der Waals surface area (Å²) in [5.74, 6) is 2.40. The van der Waals surface area contributed by atoms with Crippen LogP contribution >= 0.6 is 0 Å². The van der Waals surface area contributed by atoms with Gasteiger partial charge in [0.25, 0.3) is 5.91 Å². The Morgan fingerprint density at radius 3 is 2.88 bits per heavy atom. The van der Waals surface area contributed by atoms with Gasteiger partial charge in [-0.05, 0) is 51.8 Å². The molecule has 1 unspecified atom stereocenters. The van der Waals surface area contributed by atoms with Gasteiger partial charge in [-0.25, -0.2) is 14.7 Å². The smallest absolute Gasteiger partial charge is 0.251 e. The summed E-state index contributed by atoms with van der Waals surface area (Å²) in [7, 11) is 1.65. The standard InChI is InChI=1S/C23H35N7O2/c1-6-24-22(26-18-10-11-20-27-19(15-32-5)29-30(20)14-18)25-13-16-8-7-9-17(12-16)21(31)28-23(2,3)4/h7-9,12,18H,6,10-11,13-15H2,1-5H3,(H,28,31)(H2,24,25,26). The number of ether oxygens (including phenoxy) is 1. The van der Waals surface area contributed by atoms with E-state index in [9.17, 15) is 4.79 Å². The molecule has 0 radical (unpaired) electrons. The fourth-order valence-corrected chi connectivity index (χ4v) is 3.58. The number of fused-ring (bicyclic) bond motifs is 1. The summed E-state index contributed by atoms with van der Waals surface area (Å²) >= 11 is 0. The Morgan fingerprint density at radius 2 is 2.16 bits per heavy atom. The van der Waals surface area contributed by atoms with Gasteiger partial charge in [-0.2, -0.15) is 5.10 Å². The maximum Gasteiger partial charge on any atom is 0.251 e. The van der Waals surface area contributed by atoms with Gasteiger partial charge < -0.3 is 20.7 Å². The number of carbonyl (C=O) groups is 1. The minimum Gasteiger partial charge on any atom is -0.377 e. The third kappa shape index (κ3) is 6.78. The molecule has 1 amide bonds. The number of aromatic nitrogens is 3. The molecule has 9 heteroatoms. The quantitative estimate of drug-likeness (QED) is 0.448. The summed E-state index contributed by atoms with van der Waals surface area (Å²) in [5, 5.41) is 14.4. The molecule has 1 aliphatic rings. The van der Waals surface area contributed by atoms with Gasteiger partial charge >= 0.3 is 0 Å². The first-order chi connectivity index (χ1) is 15.3. The first-order valence-corrected chi connectivity index (χ1v) is 11.1. The summed E-state index contributed by atoms with van der Waals surface area (Å²) < 4.78 is 7.10. The van der Waals surface area contributed by atoms with Crippen molar-refractivity contribution in [1.29, 1.82) is 0 Å². The van der Waals surface area contributed by atoms with Crippen LogP contribution in [0.1, 0.15) is 61.7 Å². The van der Waals surface area contributed by atoms with Crippen molar-refractivity contribution in [2.75, 3.05) is 13.7 Å². The van der Waals surface area contributed by atoms with Crippen molar-refractivity contribution < 1.29 is 9.53 Å². The van der Waals surface area contributed by atoms with Crippen LogP contribution in [0.3, 0.4) is 0 Å². The molecular formula is C23H35N7O2. The van der Waals surface area contributed by atoms with Crippen LogP contribution in [-0.2, 0) is 30.9 Å². The molecule has 3 rings (SSSR count). The Morgan fingerprint density at radius 1 is 1.34 bits per heavy atom. The summed E-state index contributed by atoms with van der Waals surface area (Å²) in [6.45, 7) is 10.4. The highest BCUT2D eigenvalue weighted by Gasteiger charge is 2.22. The SMILES string of the molecule is CCNC(=NCc1cccc(C(=O)NC(C)(C)C)c1)NC1CCc2nc(COC)nn2C1. The van der Waals surface area contributed by atoms with Crippen molar-refractivity contribution in [3.05, 3.63) is 47.0 Å². The second kappa shape index (κ2) is 10.6. The van der Waals surface area contributed by atoms with Gasteiger partial charge in [-0.15, -0.1) is 0 Å². The molecular weight excluding hydrogens is 406 g/mol. The Balaban J connectivity index is 1.64. The zero-order valence-electron chi connectivity index (χ0n) is 19.7. The molecule has 174 valence electrons. The summed E-state index contributed by atoms with van der Waals surface area (Å²) in [6.07, 6.45) is 1.82. The molecule has 1 atom stereocenters. The third-order valence-corrected chi connectivity index (χ3v) is 4.96. The number of guanidine groups is 1. The Kier molecular flexibility index (Phi) is 7.84. The molecule has 0 bridgehead atoms. The van der Waals surface area contributed by atoms with E-state index < -0.39 is 0 Å². The molecule has 0 aliphatic carbocycles. The van der Waals surface area contributed by atoms with E-state index in [0.717, 1.165) is 49.1 Å². The molecule has 1 aliphatic heterocycles.